The van der Waals surface area contributed by atoms with Gasteiger partial charge in [-0.1, -0.05) is 112 Å². The Balaban J connectivity index is 1.79. The number of allylic oxidation sites excluding steroid dienone is 3. The number of fused-ring (bicyclic) bond motifs is 1. The molecule has 2 aromatic rings. The van der Waals surface area contributed by atoms with Gasteiger partial charge in [-0.15, -0.1) is 0 Å². The van der Waals surface area contributed by atoms with Crippen molar-refractivity contribution in [3.05, 3.63) is 83.9 Å². The third kappa shape index (κ3) is 3.87. The first kappa shape index (κ1) is 20.2. The molecule has 0 heterocycles. The van der Waals surface area contributed by atoms with Gasteiger partial charge in [-0.25, -0.2) is 0 Å². The Morgan fingerprint density at radius 2 is 1.66 bits per heavy atom. The van der Waals surface area contributed by atoms with Crippen LogP contribution >= 0.6 is 0 Å². The maximum absolute atomic E-state index is 4.77. The van der Waals surface area contributed by atoms with E-state index >= 15 is 0 Å². The van der Waals surface area contributed by atoms with Gasteiger partial charge in [-0.2, -0.15) is 0 Å². The second-order valence-electron chi connectivity index (χ2n) is 9.12. The number of hydrogen-bond acceptors (Lipinski definition) is 0. The largest absolute Gasteiger partial charge is 0.0943 e. The highest BCUT2D eigenvalue weighted by atomic mass is 14.5. The molecule has 0 spiro atoms. The topological polar surface area (TPSA) is 0 Å². The molecule has 1 fully saturated rings. The van der Waals surface area contributed by atoms with Gasteiger partial charge in [0.15, 0.2) is 0 Å². The van der Waals surface area contributed by atoms with Gasteiger partial charge in [0, 0.05) is 5.41 Å². The monoisotopic (exact) mass is 384 g/mol. The Bertz CT molecular complexity index is 842. The minimum atomic E-state index is 0.126. The molecule has 2 aliphatic carbocycles. The quantitative estimate of drug-likeness (QED) is 0.399. The summed E-state index contributed by atoms with van der Waals surface area (Å²) in [6.07, 6.45) is 13.2. The fourth-order valence-corrected chi connectivity index (χ4v) is 6.07. The van der Waals surface area contributed by atoms with Crippen LogP contribution < -0.4 is 0 Å². The van der Waals surface area contributed by atoms with Crippen molar-refractivity contribution in [1.82, 2.24) is 0 Å². The van der Waals surface area contributed by atoms with Crippen LogP contribution in [-0.2, 0) is 0 Å². The fourth-order valence-electron chi connectivity index (χ4n) is 6.07. The zero-order valence-electron chi connectivity index (χ0n) is 18.1. The summed E-state index contributed by atoms with van der Waals surface area (Å²) >= 11 is 0. The molecule has 0 amide bonds. The first-order chi connectivity index (χ1) is 14.3. The van der Waals surface area contributed by atoms with Crippen molar-refractivity contribution < 1.29 is 0 Å². The summed E-state index contributed by atoms with van der Waals surface area (Å²) in [7, 11) is 0. The van der Waals surface area contributed by atoms with Gasteiger partial charge in [0.2, 0.25) is 0 Å². The normalized spacial score (nSPS) is 23.8. The molecule has 0 unspecified atom stereocenters. The van der Waals surface area contributed by atoms with Crippen LogP contribution in [0.25, 0.3) is 11.1 Å². The Morgan fingerprint density at radius 3 is 2.38 bits per heavy atom. The van der Waals surface area contributed by atoms with Crippen molar-refractivity contribution in [2.24, 2.45) is 11.3 Å². The van der Waals surface area contributed by atoms with E-state index < -0.39 is 0 Å². The van der Waals surface area contributed by atoms with Gasteiger partial charge in [-0.05, 0) is 60.3 Å². The number of rotatable bonds is 8. The molecule has 0 saturated heterocycles. The molecule has 2 aliphatic rings. The lowest BCUT2D eigenvalue weighted by molar-refractivity contribution is 0.242. The van der Waals surface area contributed by atoms with E-state index in [0.29, 0.717) is 0 Å². The number of hydrogen-bond donors (Lipinski definition) is 0. The predicted octanol–water partition coefficient (Wildman–Crippen LogP) is 8.70. The molecular formula is C29H36. The molecule has 0 heteroatoms. The molecule has 0 N–H and O–H groups in total. The molecule has 1 saturated carbocycles. The van der Waals surface area contributed by atoms with Crippen molar-refractivity contribution >= 4 is 11.1 Å². The van der Waals surface area contributed by atoms with Gasteiger partial charge < -0.3 is 0 Å². The average Bonchev–Trinajstić information content (AvgIpc) is 3.12. The molecule has 4 rings (SSSR count). The Morgan fingerprint density at radius 1 is 0.931 bits per heavy atom. The molecule has 2 atom stereocenters. The summed E-state index contributed by atoms with van der Waals surface area (Å²) in [4.78, 5) is 0. The number of benzene rings is 2. The minimum absolute atomic E-state index is 0.126. The zero-order chi connectivity index (χ0) is 20.1. The third-order valence-electron chi connectivity index (χ3n) is 7.42. The van der Waals surface area contributed by atoms with Crippen molar-refractivity contribution in [2.75, 3.05) is 0 Å². The van der Waals surface area contributed by atoms with Crippen LogP contribution in [0, 0.1) is 11.3 Å². The number of unbranched alkanes of at least 4 members (excludes halogenated alkanes) is 3. The Kier molecular flexibility index (Phi) is 6.38. The fraction of sp³-hybridized carbons (Fsp3) is 0.448. The van der Waals surface area contributed by atoms with Gasteiger partial charge >= 0.3 is 0 Å². The highest BCUT2D eigenvalue weighted by Crippen LogP contribution is 2.64. The zero-order valence-corrected chi connectivity index (χ0v) is 18.1. The van der Waals surface area contributed by atoms with Gasteiger partial charge in [0.25, 0.3) is 0 Å². The summed E-state index contributed by atoms with van der Waals surface area (Å²) in [5, 5.41) is 0. The Labute approximate surface area is 177 Å². The second-order valence-corrected chi connectivity index (χ2v) is 9.12. The van der Waals surface area contributed by atoms with E-state index in [1.54, 1.807) is 11.1 Å². The molecule has 0 aliphatic heterocycles. The summed E-state index contributed by atoms with van der Waals surface area (Å²) < 4.78 is 0. The summed E-state index contributed by atoms with van der Waals surface area (Å²) in [6, 6.07) is 22.3. The van der Waals surface area contributed by atoms with Crippen molar-refractivity contribution in [3.8, 4) is 0 Å². The minimum Gasteiger partial charge on any atom is -0.0943 e. The highest BCUT2D eigenvalue weighted by Gasteiger charge is 2.51. The maximum Gasteiger partial charge on any atom is 0.0239 e. The second kappa shape index (κ2) is 9.16. The van der Waals surface area contributed by atoms with Gasteiger partial charge in [0.1, 0.15) is 0 Å². The van der Waals surface area contributed by atoms with Crippen LogP contribution in [0.1, 0.15) is 82.3 Å². The molecule has 0 aromatic heterocycles. The highest BCUT2D eigenvalue weighted by molar-refractivity contribution is 5.89. The first-order valence-electron chi connectivity index (χ1n) is 11.8. The maximum atomic E-state index is 4.77. The van der Waals surface area contributed by atoms with E-state index in [1.165, 1.54) is 80.9 Å². The summed E-state index contributed by atoms with van der Waals surface area (Å²) in [5.74, 6) is 0.723. The van der Waals surface area contributed by atoms with Crippen LogP contribution in [0.5, 0.6) is 0 Å². The van der Waals surface area contributed by atoms with Crippen molar-refractivity contribution in [3.63, 3.8) is 0 Å². The molecule has 0 radical (unpaired) electrons. The molecule has 152 valence electrons. The smallest absolute Gasteiger partial charge is 0.0239 e. The van der Waals surface area contributed by atoms with Gasteiger partial charge in [-0.3, -0.25) is 0 Å². The van der Waals surface area contributed by atoms with E-state index in [0.717, 1.165) is 5.92 Å². The van der Waals surface area contributed by atoms with E-state index in [1.807, 2.05) is 0 Å². The van der Waals surface area contributed by atoms with E-state index in [2.05, 4.69) is 67.6 Å². The first-order valence-corrected chi connectivity index (χ1v) is 11.8. The lowest BCUT2D eigenvalue weighted by atomic mass is 9.59. The van der Waals surface area contributed by atoms with Gasteiger partial charge in [0.05, 0.1) is 0 Å². The van der Waals surface area contributed by atoms with Crippen LogP contribution in [0.2, 0.25) is 0 Å². The standard InChI is InChI=1S/C29H36/c1-3-4-5-8-19-26-22-27-20-13-14-21-29(27,23(2)24-15-9-6-10-16-24)28(26)25-17-11-7-12-18-25/h6-7,9-12,15-18,27H,2-5,8,13-14,19-22H2,1H3/t27-,29+/m1/s1. The average molecular weight is 385 g/mol. The van der Waals surface area contributed by atoms with Crippen LogP contribution in [0.3, 0.4) is 0 Å². The predicted molar refractivity (Wildman–Crippen MR) is 127 cm³/mol. The molecule has 0 bridgehead atoms. The lowest BCUT2D eigenvalue weighted by Crippen LogP contribution is -2.32. The Hall–Kier alpha value is -2.08. The van der Waals surface area contributed by atoms with Crippen LogP contribution in [-0.4, -0.2) is 0 Å². The molecule has 0 nitrogen and oxygen atoms in total. The molecule has 29 heavy (non-hydrogen) atoms. The summed E-state index contributed by atoms with van der Waals surface area (Å²) in [5.41, 5.74) is 7.65. The molecule has 2 aromatic carbocycles. The SMILES string of the molecule is C=C(c1ccccc1)[C@@]12CCCC[C@@H]1CC(CCCCCC)=C2c1ccccc1. The summed E-state index contributed by atoms with van der Waals surface area (Å²) in [6.45, 7) is 7.07. The van der Waals surface area contributed by atoms with Crippen molar-refractivity contribution in [2.45, 2.75) is 71.1 Å². The van der Waals surface area contributed by atoms with E-state index in [9.17, 15) is 0 Å². The third-order valence-corrected chi connectivity index (χ3v) is 7.42. The lowest BCUT2D eigenvalue weighted by Gasteiger charge is -2.44. The van der Waals surface area contributed by atoms with Crippen LogP contribution in [0.15, 0.2) is 72.8 Å². The van der Waals surface area contributed by atoms with E-state index in [4.69, 9.17) is 6.58 Å². The molecular weight excluding hydrogens is 348 g/mol. The van der Waals surface area contributed by atoms with E-state index in [-0.39, 0.29) is 5.41 Å². The van der Waals surface area contributed by atoms with Crippen LogP contribution in [0.4, 0.5) is 0 Å². The van der Waals surface area contributed by atoms with Crippen molar-refractivity contribution in [1.29, 1.82) is 0 Å².